The summed E-state index contributed by atoms with van der Waals surface area (Å²) in [5.41, 5.74) is 2.65. The highest BCUT2D eigenvalue weighted by Gasteiger charge is 2.67. The second-order valence-corrected chi connectivity index (χ2v) is 8.70. The van der Waals surface area contributed by atoms with Crippen molar-refractivity contribution in [3.63, 3.8) is 0 Å². The van der Waals surface area contributed by atoms with Crippen molar-refractivity contribution in [1.29, 1.82) is 0 Å². The Morgan fingerprint density at radius 2 is 2.27 bits per heavy atom. The van der Waals surface area contributed by atoms with Crippen molar-refractivity contribution in [2.45, 2.75) is 31.6 Å². The minimum absolute atomic E-state index is 0.0185. The molecule has 0 radical (unpaired) electrons. The van der Waals surface area contributed by atoms with Crippen molar-refractivity contribution in [3.8, 4) is 0 Å². The zero-order chi connectivity index (χ0) is 20.9. The van der Waals surface area contributed by atoms with Gasteiger partial charge in [-0.05, 0) is 24.5 Å². The number of H-pyrrole nitrogens is 1. The van der Waals surface area contributed by atoms with Crippen LogP contribution in [0.4, 0.5) is 0 Å². The summed E-state index contributed by atoms with van der Waals surface area (Å²) in [7, 11) is 1.80. The highest BCUT2D eigenvalue weighted by atomic mass is 16.5. The van der Waals surface area contributed by atoms with E-state index in [1.807, 2.05) is 48.4 Å². The molecule has 2 aromatic rings. The van der Waals surface area contributed by atoms with Gasteiger partial charge in [0.2, 0.25) is 11.8 Å². The van der Waals surface area contributed by atoms with Crippen LogP contribution in [0.3, 0.4) is 0 Å². The van der Waals surface area contributed by atoms with Gasteiger partial charge in [-0.15, -0.1) is 0 Å². The van der Waals surface area contributed by atoms with Gasteiger partial charge in [0.05, 0.1) is 30.7 Å². The van der Waals surface area contributed by atoms with Crippen molar-refractivity contribution in [2.75, 3.05) is 20.1 Å². The van der Waals surface area contributed by atoms with E-state index in [0.29, 0.717) is 19.6 Å². The maximum atomic E-state index is 13.4. The summed E-state index contributed by atoms with van der Waals surface area (Å²) in [4.78, 5) is 30.2. The summed E-state index contributed by atoms with van der Waals surface area (Å²) < 4.78 is 6.24. The zero-order valence-corrected chi connectivity index (χ0v) is 17.2. The predicted octanol–water partition coefficient (Wildman–Crippen LogP) is 1.70. The van der Waals surface area contributed by atoms with Crippen molar-refractivity contribution in [3.05, 3.63) is 65.5 Å². The third-order valence-electron chi connectivity index (χ3n) is 6.59. The fraction of sp³-hybridized carbons (Fsp3) is 0.435. The van der Waals surface area contributed by atoms with Crippen molar-refractivity contribution in [1.82, 2.24) is 20.0 Å². The molecule has 7 nitrogen and oxygen atoms in total. The van der Waals surface area contributed by atoms with E-state index in [9.17, 15) is 9.59 Å². The van der Waals surface area contributed by atoms with Gasteiger partial charge in [0.15, 0.2) is 0 Å². The second-order valence-electron chi connectivity index (χ2n) is 8.70. The van der Waals surface area contributed by atoms with Crippen LogP contribution in [-0.2, 0) is 27.3 Å². The number of benzene rings is 1. The molecule has 1 spiro atoms. The third-order valence-corrected chi connectivity index (χ3v) is 6.59. The van der Waals surface area contributed by atoms with Gasteiger partial charge in [-0.2, -0.15) is 5.10 Å². The molecule has 156 valence electrons. The SMILES string of the molecule is Cc1cccc(CN2C[C@]34C=C[C@H](O3)C(C(=O)N(C)CCc3cn[nH]c3)C4C2=O)c1. The number of nitrogens with zero attached hydrogens (tertiary/aromatic N) is 3. The first-order chi connectivity index (χ1) is 14.5. The van der Waals surface area contributed by atoms with Crippen LogP contribution in [0.1, 0.15) is 16.7 Å². The largest absolute Gasteiger partial charge is 0.360 e. The molecule has 2 fully saturated rings. The summed E-state index contributed by atoms with van der Waals surface area (Å²) in [6, 6.07) is 8.18. The molecular formula is C23H26N4O3. The molecule has 0 saturated carbocycles. The Morgan fingerprint density at radius 1 is 1.40 bits per heavy atom. The van der Waals surface area contributed by atoms with Gasteiger partial charge < -0.3 is 14.5 Å². The lowest BCUT2D eigenvalue weighted by atomic mass is 9.76. The first kappa shape index (κ1) is 19.1. The summed E-state index contributed by atoms with van der Waals surface area (Å²) in [6.45, 7) is 3.66. The van der Waals surface area contributed by atoms with Crippen LogP contribution in [0.25, 0.3) is 0 Å². The molecule has 1 N–H and O–H groups in total. The van der Waals surface area contributed by atoms with E-state index in [2.05, 4.69) is 16.3 Å². The lowest BCUT2D eigenvalue weighted by molar-refractivity contribution is -0.142. The Hall–Kier alpha value is -2.93. The number of likely N-dealkylation sites (tertiary alicyclic amines) is 1. The Balaban J connectivity index is 1.32. The van der Waals surface area contributed by atoms with Crippen LogP contribution < -0.4 is 0 Å². The highest BCUT2D eigenvalue weighted by Crippen LogP contribution is 2.52. The summed E-state index contributed by atoms with van der Waals surface area (Å²) >= 11 is 0. The van der Waals surface area contributed by atoms with Crippen LogP contribution >= 0.6 is 0 Å². The van der Waals surface area contributed by atoms with Crippen LogP contribution in [0.15, 0.2) is 48.8 Å². The minimum Gasteiger partial charge on any atom is -0.360 e. The van der Waals surface area contributed by atoms with E-state index in [1.54, 1.807) is 18.1 Å². The van der Waals surface area contributed by atoms with Crippen LogP contribution in [-0.4, -0.2) is 63.7 Å². The first-order valence-corrected chi connectivity index (χ1v) is 10.4. The number of carbonyl (C=O) groups excluding carboxylic acids is 2. The molecule has 2 bridgehead atoms. The molecule has 3 aliphatic rings. The number of ether oxygens (including phenoxy) is 1. The number of rotatable bonds is 6. The Morgan fingerprint density at radius 3 is 3.03 bits per heavy atom. The number of amides is 2. The number of hydrogen-bond acceptors (Lipinski definition) is 4. The van der Waals surface area contributed by atoms with E-state index >= 15 is 0 Å². The lowest BCUT2D eigenvalue weighted by Crippen LogP contribution is -2.45. The standard InChI is InChI=1S/C23H26N4O3/c1-15-4-3-5-16(10-15)13-27-14-23-8-6-18(30-23)19(20(23)22(27)29)21(28)26(2)9-7-17-11-24-25-12-17/h3-6,8,10-12,18-20H,7,9,13-14H2,1-2H3,(H,24,25)/t18-,19?,20?,23-/m0/s1. The van der Waals surface area contributed by atoms with E-state index in [0.717, 1.165) is 17.5 Å². The van der Waals surface area contributed by atoms with E-state index < -0.39 is 17.4 Å². The molecule has 1 aromatic heterocycles. The summed E-state index contributed by atoms with van der Waals surface area (Å²) in [5.74, 6) is -0.907. The molecule has 7 heteroatoms. The molecule has 30 heavy (non-hydrogen) atoms. The number of likely N-dealkylation sites (N-methyl/N-ethyl adjacent to an activating group) is 1. The molecule has 0 aliphatic carbocycles. The summed E-state index contributed by atoms with van der Waals surface area (Å²) in [6.07, 6.45) is 7.97. The van der Waals surface area contributed by atoms with E-state index in [4.69, 9.17) is 4.74 Å². The van der Waals surface area contributed by atoms with E-state index in [1.165, 1.54) is 5.56 Å². The van der Waals surface area contributed by atoms with Gasteiger partial charge in [-0.3, -0.25) is 14.7 Å². The molecule has 2 unspecified atom stereocenters. The second kappa shape index (κ2) is 7.09. The van der Waals surface area contributed by atoms with Gasteiger partial charge in [0.25, 0.3) is 0 Å². The number of carbonyl (C=O) groups is 2. The summed E-state index contributed by atoms with van der Waals surface area (Å²) in [5, 5.41) is 6.74. The number of aromatic nitrogens is 2. The number of nitrogens with one attached hydrogen (secondary N) is 1. The topological polar surface area (TPSA) is 78.5 Å². The average molecular weight is 406 g/mol. The smallest absolute Gasteiger partial charge is 0.230 e. The zero-order valence-electron chi connectivity index (χ0n) is 17.2. The van der Waals surface area contributed by atoms with Gasteiger partial charge in [-0.25, -0.2) is 0 Å². The number of aromatic amines is 1. The Bertz CT molecular complexity index is 1000. The lowest BCUT2D eigenvalue weighted by Gasteiger charge is -2.27. The fourth-order valence-electron chi connectivity index (χ4n) is 5.10. The van der Waals surface area contributed by atoms with Gasteiger partial charge >= 0.3 is 0 Å². The Labute approximate surface area is 175 Å². The minimum atomic E-state index is -0.669. The third kappa shape index (κ3) is 3.04. The molecular weight excluding hydrogens is 380 g/mol. The molecule has 1 aromatic carbocycles. The van der Waals surface area contributed by atoms with Crippen molar-refractivity contribution in [2.24, 2.45) is 11.8 Å². The van der Waals surface area contributed by atoms with Gasteiger partial charge in [-0.1, -0.05) is 42.0 Å². The molecule has 2 saturated heterocycles. The molecule has 4 atom stereocenters. The van der Waals surface area contributed by atoms with Crippen LogP contribution in [0, 0.1) is 18.8 Å². The highest BCUT2D eigenvalue weighted by molar-refractivity contribution is 5.93. The van der Waals surface area contributed by atoms with Crippen LogP contribution in [0.2, 0.25) is 0 Å². The molecule has 5 rings (SSSR count). The average Bonchev–Trinajstić information content (AvgIpc) is 3.49. The first-order valence-electron chi connectivity index (χ1n) is 10.4. The maximum absolute atomic E-state index is 13.4. The Kier molecular flexibility index (Phi) is 4.50. The predicted molar refractivity (Wildman–Crippen MR) is 110 cm³/mol. The van der Waals surface area contributed by atoms with E-state index in [-0.39, 0.29) is 17.9 Å². The van der Waals surface area contributed by atoms with Crippen LogP contribution in [0.5, 0.6) is 0 Å². The number of hydrogen-bond donors (Lipinski definition) is 1. The van der Waals surface area contributed by atoms with Crippen molar-refractivity contribution >= 4 is 11.8 Å². The fourth-order valence-corrected chi connectivity index (χ4v) is 5.10. The molecule has 4 heterocycles. The molecule has 2 amide bonds. The quantitative estimate of drug-likeness (QED) is 0.741. The van der Waals surface area contributed by atoms with Gasteiger partial charge in [0.1, 0.15) is 5.60 Å². The van der Waals surface area contributed by atoms with Crippen molar-refractivity contribution < 1.29 is 14.3 Å². The monoisotopic (exact) mass is 406 g/mol. The number of fused-ring (bicyclic) bond motifs is 1. The number of aryl methyl sites for hydroxylation is 1. The normalized spacial score (nSPS) is 28.9. The molecule has 3 aliphatic heterocycles. The maximum Gasteiger partial charge on any atom is 0.230 e. The van der Waals surface area contributed by atoms with Gasteiger partial charge in [0, 0.05) is 26.3 Å².